The number of aromatic nitrogens is 4. The molecule has 0 aliphatic rings. The summed E-state index contributed by atoms with van der Waals surface area (Å²) in [4.78, 5) is 38.4. The Bertz CT molecular complexity index is 1530. The zero-order chi connectivity index (χ0) is 21.4. The molecule has 0 bridgehead atoms. The normalized spacial score (nSPS) is 11.4. The quantitative estimate of drug-likeness (QED) is 0.220. The lowest BCUT2D eigenvalue weighted by atomic mass is 10.1. The van der Waals surface area contributed by atoms with Gasteiger partial charge in [0.05, 0.1) is 16.7 Å². The summed E-state index contributed by atoms with van der Waals surface area (Å²) in [6.07, 6.45) is 1.69. The van der Waals surface area contributed by atoms with Gasteiger partial charge >= 0.3 is 0 Å². The third-order valence-corrected chi connectivity index (χ3v) is 7.52. The van der Waals surface area contributed by atoms with Crippen LogP contribution in [0.2, 0.25) is 0 Å². The number of allylic oxidation sites excluding steroid dienone is 1. The Morgan fingerprint density at radius 2 is 1.97 bits per heavy atom. The van der Waals surface area contributed by atoms with Crippen LogP contribution in [0.15, 0.2) is 74.6 Å². The maximum Gasteiger partial charge on any atom is 0.268 e. The topological polar surface area (TPSA) is 80.6 Å². The van der Waals surface area contributed by atoms with Crippen LogP contribution in [0.1, 0.15) is 5.82 Å². The van der Waals surface area contributed by atoms with E-state index in [1.165, 1.54) is 34.4 Å². The highest BCUT2D eigenvalue weighted by molar-refractivity contribution is 7.98. The molecule has 0 saturated heterocycles. The summed E-state index contributed by atoms with van der Waals surface area (Å²) in [6.45, 7) is 4.14. The molecule has 0 fully saturated rings. The maximum atomic E-state index is 13.4. The van der Waals surface area contributed by atoms with Crippen molar-refractivity contribution >= 4 is 54.9 Å². The van der Waals surface area contributed by atoms with Gasteiger partial charge in [0.1, 0.15) is 15.4 Å². The molecular weight excluding hydrogens is 448 g/mol. The summed E-state index contributed by atoms with van der Waals surface area (Å²) in [5.74, 6) is 0.948. The van der Waals surface area contributed by atoms with Crippen LogP contribution >= 0.6 is 34.4 Å². The summed E-state index contributed by atoms with van der Waals surface area (Å²) in [5.41, 5.74) is 2.32. The molecule has 9 heteroatoms. The van der Waals surface area contributed by atoms with E-state index in [0.717, 1.165) is 11.1 Å². The standard InChI is InChI=1S/C22H16N4O2S3/c1-2-9-26-21(28)17-14(13-6-4-3-5-7-13)11-30-20(17)25-22(26)31-12-16-23-15-8-10-29-18(15)19(27)24-16/h2-8,10-11H,1,9,12H2,(H,23,24,27). The van der Waals surface area contributed by atoms with Crippen molar-refractivity contribution in [2.24, 2.45) is 0 Å². The highest BCUT2D eigenvalue weighted by atomic mass is 32.2. The molecule has 0 saturated carbocycles. The van der Waals surface area contributed by atoms with Crippen LogP contribution < -0.4 is 11.1 Å². The first-order valence-electron chi connectivity index (χ1n) is 9.43. The molecule has 4 aromatic heterocycles. The zero-order valence-electron chi connectivity index (χ0n) is 16.2. The van der Waals surface area contributed by atoms with E-state index in [-0.39, 0.29) is 11.1 Å². The molecule has 1 N–H and O–H groups in total. The first-order valence-corrected chi connectivity index (χ1v) is 12.2. The molecule has 0 aliphatic carbocycles. The van der Waals surface area contributed by atoms with Crippen molar-refractivity contribution in [2.45, 2.75) is 17.5 Å². The highest BCUT2D eigenvalue weighted by Crippen LogP contribution is 2.32. The molecule has 0 amide bonds. The molecule has 0 aliphatic heterocycles. The van der Waals surface area contributed by atoms with Gasteiger partial charge < -0.3 is 4.98 Å². The van der Waals surface area contributed by atoms with Crippen molar-refractivity contribution in [3.8, 4) is 11.1 Å². The summed E-state index contributed by atoms with van der Waals surface area (Å²) in [5, 5.41) is 5.02. The second-order valence-corrected chi connectivity index (χ2v) is 9.45. The summed E-state index contributed by atoms with van der Waals surface area (Å²) >= 11 is 4.20. The van der Waals surface area contributed by atoms with Gasteiger partial charge in [0.25, 0.3) is 11.1 Å². The molecule has 1 aromatic carbocycles. The lowest BCUT2D eigenvalue weighted by molar-refractivity contribution is 0.672. The van der Waals surface area contributed by atoms with Crippen molar-refractivity contribution in [3.63, 3.8) is 0 Å². The molecule has 0 atom stereocenters. The Hall–Kier alpha value is -3.01. The van der Waals surface area contributed by atoms with Crippen LogP contribution in [0.4, 0.5) is 0 Å². The van der Waals surface area contributed by atoms with Crippen LogP contribution in [0.25, 0.3) is 31.6 Å². The predicted octanol–water partition coefficient (Wildman–Crippen LogP) is 4.90. The first-order chi connectivity index (χ1) is 15.2. The van der Waals surface area contributed by atoms with Gasteiger partial charge in [-0.15, -0.1) is 29.3 Å². The minimum atomic E-state index is -0.145. The number of nitrogens with zero attached hydrogens (tertiary/aromatic N) is 3. The van der Waals surface area contributed by atoms with Crippen LogP contribution in [-0.2, 0) is 12.3 Å². The van der Waals surface area contributed by atoms with Gasteiger partial charge in [-0.25, -0.2) is 9.97 Å². The Morgan fingerprint density at radius 3 is 2.77 bits per heavy atom. The minimum absolute atomic E-state index is 0.0951. The van der Waals surface area contributed by atoms with Crippen LogP contribution in [0, 0.1) is 0 Å². The van der Waals surface area contributed by atoms with Crippen molar-refractivity contribution in [2.75, 3.05) is 0 Å². The van der Waals surface area contributed by atoms with Crippen molar-refractivity contribution in [1.82, 2.24) is 19.5 Å². The van der Waals surface area contributed by atoms with Crippen LogP contribution in [0.5, 0.6) is 0 Å². The van der Waals surface area contributed by atoms with Crippen LogP contribution in [0.3, 0.4) is 0 Å². The molecule has 4 heterocycles. The molecule has 6 nitrogen and oxygen atoms in total. The summed E-state index contributed by atoms with van der Waals surface area (Å²) < 4.78 is 2.24. The number of hydrogen-bond donors (Lipinski definition) is 1. The molecular formula is C22H16N4O2S3. The molecule has 0 spiro atoms. The smallest absolute Gasteiger partial charge is 0.268 e. The summed E-state index contributed by atoms with van der Waals surface area (Å²) in [6, 6.07) is 11.7. The van der Waals surface area contributed by atoms with E-state index >= 15 is 0 Å². The van der Waals surface area contributed by atoms with E-state index < -0.39 is 0 Å². The number of fused-ring (bicyclic) bond motifs is 2. The largest absolute Gasteiger partial charge is 0.309 e. The minimum Gasteiger partial charge on any atom is -0.309 e. The van der Waals surface area contributed by atoms with Gasteiger partial charge in [0.2, 0.25) is 0 Å². The van der Waals surface area contributed by atoms with Gasteiger partial charge in [0, 0.05) is 17.5 Å². The van der Waals surface area contributed by atoms with Gasteiger partial charge in [-0.05, 0) is 17.0 Å². The highest BCUT2D eigenvalue weighted by Gasteiger charge is 2.17. The third-order valence-electron chi connectivity index (χ3n) is 4.76. The average molecular weight is 465 g/mol. The molecule has 31 heavy (non-hydrogen) atoms. The van der Waals surface area contributed by atoms with Crippen LogP contribution in [-0.4, -0.2) is 19.5 Å². The van der Waals surface area contributed by atoms with Gasteiger partial charge in [-0.2, -0.15) is 0 Å². The number of H-pyrrole nitrogens is 1. The van der Waals surface area contributed by atoms with E-state index in [4.69, 9.17) is 4.98 Å². The molecule has 154 valence electrons. The zero-order valence-corrected chi connectivity index (χ0v) is 18.6. The van der Waals surface area contributed by atoms with Gasteiger partial charge in [-0.3, -0.25) is 14.2 Å². The fourth-order valence-corrected chi connectivity index (χ4v) is 5.95. The number of nitrogens with one attached hydrogen (secondary N) is 1. The lowest BCUT2D eigenvalue weighted by Gasteiger charge is -2.10. The van der Waals surface area contributed by atoms with E-state index in [0.29, 0.717) is 43.7 Å². The fourth-order valence-electron chi connectivity index (χ4n) is 3.36. The summed E-state index contributed by atoms with van der Waals surface area (Å²) in [7, 11) is 0. The number of rotatable bonds is 6. The number of thioether (sulfide) groups is 1. The van der Waals surface area contributed by atoms with Gasteiger partial charge in [-0.1, -0.05) is 48.2 Å². The second kappa shape index (κ2) is 8.26. The van der Waals surface area contributed by atoms with Crippen molar-refractivity contribution in [3.05, 3.63) is 86.3 Å². The van der Waals surface area contributed by atoms with E-state index in [2.05, 4.69) is 16.5 Å². The monoisotopic (exact) mass is 464 g/mol. The third kappa shape index (κ3) is 3.65. The van der Waals surface area contributed by atoms with Crippen molar-refractivity contribution in [1.29, 1.82) is 0 Å². The molecule has 5 rings (SSSR count). The number of benzene rings is 1. The average Bonchev–Trinajstić information content (AvgIpc) is 3.42. The van der Waals surface area contributed by atoms with E-state index in [9.17, 15) is 9.59 Å². The Morgan fingerprint density at radius 1 is 1.13 bits per heavy atom. The second-order valence-electron chi connectivity index (χ2n) is 6.73. The molecule has 5 aromatic rings. The first kappa shape index (κ1) is 19.9. The Kier molecular flexibility index (Phi) is 5.31. The number of thiophene rings is 2. The Labute approximate surface area is 188 Å². The number of aromatic amines is 1. The predicted molar refractivity (Wildman–Crippen MR) is 129 cm³/mol. The van der Waals surface area contributed by atoms with E-state index in [1.54, 1.807) is 10.6 Å². The van der Waals surface area contributed by atoms with Crippen molar-refractivity contribution < 1.29 is 0 Å². The lowest BCUT2D eigenvalue weighted by Crippen LogP contribution is -2.22. The molecule has 0 radical (unpaired) electrons. The fraction of sp³-hybridized carbons (Fsp3) is 0.0909. The van der Waals surface area contributed by atoms with E-state index in [1.807, 2.05) is 47.2 Å². The van der Waals surface area contributed by atoms with Gasteiger partial charge in [0.15, 0.2) is 5.16 Å². The maximum absolute atomic E-state index is 13.4. The SMILES string of the molecule is C=CCn1c(SCc2nc3ccsc3c(=O)[nH]2)nc2scc(-c3ccccc3)c2c1=O. The number of hydrogen-bond acceptors (Lipinski definition) is 7. The molecule has 0 unspecified atom stereocenters. The Balaban J connectivity index is 1.56.